The molecule has 0 unspecified atom stereocenters. The van der Waals surface area contributed by atoms with Crippen LogP contribution in [0.25, 0.3) is 28.4 Å². The second kappa shape index (κ2) is 9.26. The van der Waals surface area contributed by atoms with E-state index < -0.39 is 0 Å². The van der Waals surface area contributed by atoms with E-state index in [4.69, 9.17) is 14.9 Å². The summed E-state index contributed by atoms with van der Waals surface area (Å²) in [6, 6.07) is 8.74. The molecule has 0 saturated carbocycles. The van der Waals surface area contributed by atoms with Crippen molar-refractivity contribution >= 4 is 28.4 Å². The number of furan rings is 1. The van der Waals surface area contributed by atoms with E-state index in [9.17, 15) is 4.39 Å². The molecule has 2 fully saturated rings. The summed E-state index contributed by atoms with van der Waals surface area (Å²) < 4.78 is 29.5. The van der Waals surface area contributed by atoms with Crippen molar-refractivity contribution in [1.29, 1.82) is 0 Å². The molecular formula is C25H27FN10O2. The number of hydrogen-bond acceptors (Lipinski definition) is 10. The summed E-state index contributed by atoms with van der Waals surface area (Å²) in [4.78, 5) is 18.1. The maximum atomic E-state index is 14.8. The van der Waals surface area contributed by atoms with E-state index in [1.54, 1.807) is 24.7 Å². The molecule has 13 heteroatoms. The molecule has 2 aliphatic rings. The van der Waals surface area contributed by atoms with Crippen LogP contribution >= 0.6 is 0 Å². The first-order valence-corrected chi connectivity index (χ1v) is 12.7. The molecule has 0 radical (unpaired) electrons. The molecule has 0 atom stereocenters. The normalized spacial score (nSPS) is 16.9. The number of aromatic nitrogens is 6. The van der Waals surface area contributed by atoms with Crippen molar-refractivity contribution in [1.82, 2.24) is 39.3 Å². The molecule has 5 aromatic rings. The Morgan fingerprint density at radius 2 is 1.95 bits per heavy atom. The van der Waals surface area contributed by atoms with Gasteiger partial charge in [-0.2, -0.15) is 9.50 Å². The molecule has 2 saturated heterocycles. The molecule has 0 amide bonds. The molecule has 1 aromatic carbocycles. The maximum absolute atomic E-state index is 14.8. The van der Waals surface area contributed by atoms with Gasteiger partial charge in [0.2, 0.25) is 11.8 Å². The summed E-state index contributed by atoms with van der Waals surface area (Å²) in [5, 5.41) is 7.57. The number of nitrogens with two attached hydrogens (primary N) is 1. The van der Waals surface area contributed by atoms with Gasteiger partial charge in [-0.05, 0) is 24.3 Å². The molecule has 0 bridgehead atoms. The van der Waals surface area contributed by atoms with E-state index >= 15 is 0 Å². The van der Waals surface area contributed by atoms with Crippen LogP contribution in [0.5, 0.6) is 5.75 Å². The van der Waals surface area contributed by atoms with E-state index in [0.29, 0.717) is 46.4 Å². The molecule has 196 valence electrons. The van der Waals surface area contributed by atoms with E-state index in [-0.39, 0.29) is 17.9 Å². The third-order valence-corrected chi connectivity index (χ3v) is 7.14. The Bertz CT molecular complexity index is 1590. The predicted molar refractivity (Wildman–Crippen MR) is 139 cm³/mol. The number of rotatable bonds is 7. The molecule has 4 aromatic heterocycles. The highest BCUT2D eigenvalue weighted by molar-refractivity contribution is 5.87. The van der Waals surface area contributed by atoms with Gasteiger partial charge in [-0.15, -0.1) is 5.10 Å². The lowest BCUT2D eigenvalue weighted by Gasteiger charge is -2.36. The van der Waals surface area contributed by atoms with Gasteiger partial charge in [0.05, 0.1) is 18.3 Å². The Balaban J connectivity index is 1.01. The highest BCUT2D eigenvalue weighted by Crippen LogP contribution is 2.27. The molecule has 2 aliphatic heterocycles. The van der Waals surface area contributed by atoms with Crippen molar-refractivity contribution < 1.29 is 13.5 Å². The van der Waals surface area contributed by atoms with Crippen LogP contribution in [0, 0.1) is 5.82 Å². The number of piperazine rings is 1. The highest BCUT2D eigenvalue weighted by Gasteiger charge is 2.23. The van der Waals surface area contributed by atoms with Gasteiger partial charge in [-0.3, -0.25) is 4.90 Å². The van der Waals surface area contributed by atoms with Gasteiger partial charge in [-0.1, -0.05) is 0 Å². The van der Waals surface area contributed by atoms with Crippen molar-refractivity contribution in [2.24, 2.45) is 0 Å². The van der Waals surface area contributed by atoms with E-state index in [0.717, 1.165) is 45.8 Å². The van der Waals surface area contributed by atoms with Gasteiger partial charge >= 0.3 is 0 Å². The van der Waals surface area contributed by atoms with Crippen molar-refractivity contribution in [3.8, 4) is 17.3 Å². The predicted octanol–water partition coefficient (Wildman–Crippen LogP) is 1.63. The van der Waals surface area contributed by atoms with Crippen LogP contribution in [0.2, 0.25) is 0 Å². The number of anilines is 2. The first-order chi connectivity index (χ1) is 18.6. The summed E-state index contributed by atoms with van der Waals surface area (Å²) in [5.41, 5.74) is 8.65. The van der Waals surface area contributed by atoms with Gasteiger partial charge < -0.3 is 29.7 Å². The second-order valence-corrected chi connectivity index (χ2v) is 9.57. The van der Waals surface area contributed by atoms with Gasteiger partial charge in [-0.25, -0.2) is 14.4 Å². The van der Waals surface area contributed by atoms with Crippen LogP contribution in [0.3, 0.4) is 0 Å². The number of nitrogens with zero attached hydrogens (tertiary/aromatic N) is 8. The second-order valence-electron chi connectivity index (χ2n) is 9.57. The minimum absolute atomic E-state index is 0.129. The molecular weight excluding hydrogens is 491 g/mol. The molecule has 3 N–H and O–H groups in total. The fourth-order valence-electron chi connectivity index (χ4n) is 4.92. The standard InChI is InChI=1S/C25H27FN10O2/c26-18-12-16(38-17-13-28-14-17)3-4-19(18)34-8-5-33(6-9-34)7-10-35-15-29-21-23(35)31-25(27)36-24(21)30-22(32-36)20-2-1-11-37-20/h1-4,11-12,15,17,28H,5-10,13-14H2,(H2,27,31). The first-order valence-electron chi connectivity index (χ1n) is 12.7. The van der Waals surface area contributed by atoms with Crippen LogP contribution in [0.4, 0.5) is 16.0 Å². The van der Waals surface area contributed by atoms with Gasteiger partial charge in [0.25, 0.3) is 0 Å². The van der Waals surface area contributed by atoms with Crippen LogP contribution in [-0.4, -0.2) is 86.0 Å². The van der Waals surface area contributed by atoms with Crippen LogP contribution < -0.4 is 20.7 Å². The number of nitrogens with one attached hydrogen (secondary N) is 1. The van der Waals surface area contributed by atoms with Crippen LogP contribution in [-0.2, 0) is 6.54 Å². The Labute approximate surface area is 216 Å². The van der Waals surface area contributed by atoms with Crippen LogP contribution in [0.15, 0.2) is 47.3 Å². The minimum atomic E-state index is -0.244. The Kier molecular flexibility index (Phi) is 5.59. The summed E-state index contributed by atoms with van der Waals surface area (Å²) in [6.07, 6.45) is 3.46. The monoisotopic (exact) mass is 518 g/mol. The number of ether oxygens (including phenoxy) is 1. The summed E-state index contributed by atoms with van der Waals surface area (Å²) in [6.45, 7) is 6.26. The zero-order valence-electron chi connectivity index (χ0n) is 20.6. The average molecular weight is 519 g/mol. The van der Waals surface area contributed by atoms with Crippen molar-refractivity contribution in [2.75, 3.05) is 56.4 Å². The Morgan fingerprint density at radius 1 is 1.08 bits per heavy atom. The SMILES string of the molecule is Nc1nc2c(ncn2CCN2CCN(c3ccc(OC4CNC4)cc3F)CC2)c2nc(-c3ccco3)nn12. The molecule has 38 heavy (non-hydrogen) atoms. The lowest BCUT2D eigenvalue weighted by atomic mass is 10.2. The fraction of sp³-hybridized carbons (Fsp3) is 0.360. The van der Waals surface area contributed by atoms with E-state index in [1.165, 1.54) is 10.6 Å². The number of benzene rings is 1. The summed E-state index contributed by atoms with van der Waals surface area (Å²) in [5.74, 6) is 1.55. The first kappa shape index (κ1) is 22.9. The summed E-state index contributed by atoms with van der Waals surface area (Å²) >= 11 is 0. The zero-order valence-corrected chi connectivity index (χ0v) is 20.6. The number of hydrogen-bond donors (Lipinski definition) is 2. The lowest BCUT2D eigenvalue weighted by Crippen LogP contribution is -2.50. The van der Waals surface area contributed by atoms with Crippen molar-refractivity contribution in [3.63, 3.8) is 0 Å². The maximum Gasteiger partial charge on any atom is 0.225 e. The summed E-state index contributed by atoms with van der Waals surface area (Å²) in [7, 11) is 0. The van der Waals surface area contributed by atoms with Gasteiger partial charge in [0, 0.05) is 58.4 Å². The lowest BCUT2D eigenvalue weighted by molar-refractivity contribution is 0.142. The molecule has 0 aliphatic carbocycles. The van der Waals surface area contributed by atoms with Crippen molar-refractivity contribution in [2.45, 2.75) is 12.6 Å². The minimum Gasteiger partial charge on any atom is -0.488 e. The quantitative estimate of drug-likeness (QED) is 0.328. The largest absolute Gasteiger partial charge is 0.488 e. The number of halogens is 1. The molecule has 6 heterocycles. The fourth-order valence-corrected chi connectivity index (χ4v) is 4.92. The van der Waals surface area contributed by atoms with Crippen molar-refractivity contribution in [3.05, 3.63) is 48.7 Å². The smallest absolute Gasteiger partial charge is 0.225 e. The third kappa shape index (κ3) is 4.09. The van der Waals surface area contributed by atoms with Gasteiger partial charge in [0.1, 0.15) is 17.7 Å². The number of nitrogen functional groups attached to an aromatic ring is 1. The highest BCUT2D eigenvalue weighted by atomic mass is 19.1. The molecule has 7 rings (SSSR count). The Hall–Kier alpha value is -4.23. The zero-order chi connectivity index (χ0) is 25.6. The number of fused-ring (bicyclic) bond motifs is 3. The number of imidazole rings is 1. The average Bonchev–Trinajstić information content (AvgIpc) is 3.65. The molecule has 12 nitrogen and oxygen atoms in total. The topological polar surface area (TPSA) is 128 Å². The molecule has 0 spiro atoms. The Morgan fingerprint density at radius 3 is 2.68 bits per heavy atom. The van der Waals surface area contributed by atoms with Crippen LogP contribution in [0.1, 0.15) is 0 Å². The van der Waals surface area contributed by atoms with E-state index in [2.05, 4.69) is 35.2 Å². The van der Waals surface area contributed by atoms with E-state index in [1.807, 2.05) is 16.7 Å². The van der Waals surface area contributed by atoms with Gasteiger partial charge in [0.15, 0.2) is 22.6 Å². The third-order valence-electron chi connectivity index (χ3n) is 7.14.